The molecule has 1 aromatic rings. The van der Waals surface area contributed by atoms with Gasteiger partial charge >= 0.3 is 0 Å². The van der Waals surface area contributed by atoms with Crippen molar-refractivity contribution in [3.05, 3.63) is 29.8 Å². The van der Waals surface area contributed by atoms with E-state index in [1.807, 2.05) is 52.0 Å². The van der Waals surface area contributed by atoms with Crippen LogP contribution in [-0.4, -0.2) is 17.8 Å². The lowest BCUT2D eigenvalue weighted by atomic mass is 9.78. The molecule has 0 saturated carbocycles. The van der Waals surface area contributed by atoms with Gasteiger partial charge in [0.1, 0.15) is 5.75 Å². The van der Waals surface area contributed by atoms with Gasteiger partial charge in [-0.3, -0.25) is 0 Å². The van der Waals surface area contributed by atoms with Crippen molar-refractivity contribution in [1.82, 2.24) is 0 Å². The highest BCUT2D eigenvalue weighted by atomic mass is 16.5. The van der Waals surface area contributed by atoms with E-state index in [0.29, 0.717) is 6.54 Å². The van der Waals surface area contributed by atoms with Crippen LogP contribution in [0.5, 0.6) is 5.75 Å². The molecule has 0 saturated heterocycles. The van der Waals surface area contributed by atoms with Gasteiger partial charge in [-0.2, -0.15) is 0 Å². The van der Waals surface area contributed by atoms with Crippen molar-refractivity contribution in [1.29, 1.82) is 0 Å². The number of aliphatic hydroxyl groups is 1. The van der Waals surface area contributed by atoms with E-state index in [4.69, 9.17) is 10.5 Å². The molecular weight excluding hydrogens is 226 g/mol. The number of hydrogen-bond acceptors (Lipinski definition) is 3. The van der Waals surface area contributed by atoms with Gasteiger partial charge in [0.2, 0.25) is 0 Å². The highest BCUT2D eigenvalue weighted by molar-refractivity contribution is 5.31. The van der Waals surface area contributed by atoms with E-state index >= 15 is 0 Å². The van der Waals surface area contributed by atoms with E-state index in [1.54, 1.807) is 0 Å². The van der Waals surface area contributed by atoms with E-state index in [9.17, 15) is 5.11 Å². The molecule has 0 amide bonds. The lowest BCUT2D eigenvalue weighted by molar-refractivity contribution is 0.0389. The number of ether oxygens (including phenoxy) is 1. The number of nitrogens with two attached hydrogens (primary N) is 1. The molecule has 3 heteroatoms. The fourth-order valence-electron chi connectivity index (χ4n) is 1.88. The fourth-order valence-corrected chi connectivity index (χ4v) is 1.88. The fraction of sp³-hybridized carbons (Fsp3) is 0.600. The van der Waals surface area contributed by atoms with Crippen LogP contribution >= 0.6 is 0 Å². The highest BCUT2D eigenvalue weighted by Crippen LogP contribution is 2.36. The van der Waals surface area contributed by atoms with E-state index < -0.39 is 6.10 Å². The Kier molecular flexibility index (Phi) is 5.17. The molecule has 0 aromatic heterocycles. The summed E-state index contributed by atoms with van der Waals surface area (Å²) >= 11 is 0. The SMILES string of the molecule is CCC(C)(CN)C(O)c1cccc(OC(C)C)c1. The summed E-state index contributed by atoms with van der Waals surface area (Å²) in [7, 11) is 0. The molecule has 0 aliphatic heterocycles. The van der Waals surface area contributed by atoms with Crippen LogP contribution in [0.25, 0.3) is 0 Å². The smallest absolute Gasteiger partial charge is 0.120 e. The zero-order chi connectivity index (χ0) is 13.8. The molecule has 1 rings (SSSR count). The van der Waals surface area contributed by atoms with Crippen molar-refractivity contribution >= 4 is 0 Å². The second-order valence-electron chi connectivity index (χ2n) is 5.35. The molecule has 102 valence electrons. The molecule has 0 radical (unpaired) electrons. The first-order valence-electron chi connectivity index (χ1n) is 6.57. The number of aliphatic hydroxyl groups excluding tert-OH is 1. The Balaban J connectivity index is 2.95. The van der Waals surface area contributed by atoms with Crippen molar-refractivity contribution < 1.29 is 9.84 Å². The lowest BCUT2D eigenvalue weighted by Gasteiger charge is -2.32. The van der Waals surface area contributed by atoms with Crippen LogP contribution < -0.4 is 10.5 Å². The second kappa shape index (κ2) is 6.21. The molecule has 0 aliphatic rings. The first-order chi connectivity index (χ1) is 8.42. The highest BCUT2D eigenvalue weighted by Gasteiger charge is 2.31. The van der Waals surface area contributed by atoms with Crippen LogP contribution in [-0.2, 0) is 0 Å². The summed E-state index contributed by atoms with van der Waals surface area (Å²) in [6, 6.07) is 7.63. The predicted molar refractivity (Wildman–Crippen MR) is 74.6 cm³/mol. The molecule has 18 heavy (non-hydrogen) atoms. The minimum atomic E-state index is -0.566. The van der Waals surface area contributed by atoms with E-state index in [1.165, 1.54) is 0 Å². The van der Waals surface area contributed by atoms with E-state index in [-0.39, 0.29) is 11.5 Å². The Morgan fingerprint density at radius 1 is 1.39 bits per heavy atom. The van der Waals surface area contributed by atoms with Crippen LogP contribution in [0, 0.1) is 5.41 Å². The van der Waals surface area contributed by atoms with Crippen LogP contribution in [0.4, 0.5) is 0 Å². The Morgan fingerprint density at radius 3 is 2.56 bits per heavy atom. The van der Waals surface area contributed by atoms with Gasteiger partial charge in [0.25, 0.3) is 0 Å². The molecule has 3 N–H and O–H groups in total. The van der Waals surface area contributed by atoms with Crippen LogP contribution in [0.1, 0.15) is 45.8 Å². The van der Waals surface area contributed by atoms with Crippen LogP contribution in [0.15, 0.2) is 24.3 Å². The number of rotatable bonds is 6. The van der Waals surface area contributed by atoms with Crippen LogP contribution in [0.2, 0.25) is 0 Å². The first kappa shape index (κ1) is 15.0. The van der Waals surface area contributed by atoms with Gasteiger partial charge in [0, 0.05) is 12.0 Å². The van der Waals surface area contributed by atoms with Crippen molar-refractivity contribution in [2.24, 2.45) is 11.1 Å². The van der Waals surface area contributed by atoms with Crippen molar-refractivity contribution in [3.63, 3.8) is 0 Å². The van der Waals surface area contributed by atoms with Gasteiger partial charge in [-0.05, 0) is 38.0 Å². The zero-order valence-electron chi connectivity index (χ0n) is 11.8. The quantitative estimate of drug-likeness (QED) is 0.817. The summed E-state index contributed by atoms with van der Waals surface area (Å²) < 4.78 is 5.64. The molecule has 0 fully saturated rings. The third-order valence-corrected chi connectivity index (χ3v) is 3.48. The Morgan fingerprint density at radius 2 is 2.06 bits per heavy atom. The number of benzene rings is 1. The maximum absolute atomic E-state index is 10.5. The molecule has 2 atom stereocenters. The molecule has 0 bridgehead atoms. The largest absolute Gasteiger partial charge is 0.491 e. The Labute approximate surface area is 110 Å². The van der Waals surface area contributed by atoms with Gasteiger partial charge in [-0.15, -0.1) is 0 Å². The van der Waals surface area contributed by atoms with Crippen molar-refractivity contribution in [2.75, 3.05) is 6.54 Å². The van der Waals surface area contributed by atoms with Gasteiger partial charge in [0.15, 0.2) is 0 Å². The van der Waals surface area contributed by atoms with Crippen molar-refractivity contribution in [2.45, 2.75) is 46.3 Å². The summed E-state index contributed by atoms with van der Waals surface area (Å²) in [6.07, 6.45) is 0.396. The summed E-state index contributed by atoms with van der Waals surface area (Å²) in [4.78, 5) is 0. The molecule has 0 spiro atoms. The first-order valence-corrected chi connectivity index (χ1v) is 6.57. The second-order valence-corrected chi connectivity index (χ2v) is 5.35. The van der Waals surface area contributed by atoms with Gasteiger partial charge in [-0.25, -0.2) is 0 Å². The molecule has 0 aliphatic carbocycles. The molecule has 2 unspecified atom stereocenters. The summed E-state index contributed by atoms with van der Waals surface area (Å²) in [5.74, 6) is 0.789. The molecular formula is C15H25NO2. The maximum Gasteiger partial charge on any atom is 0.120 e. The van der Waals surface area contributed by atoms with Gasteiger partial charge in [-0.1, -0.05) is 26.0 Å². The summed E-state index contributed by atoms with van der Waals surface area (Å²) in [5.41, 5.74) is 6.35. The van der Waals surface area contributed by atoms with E-state index in [0.717, 1.165) is 17.7 Å². The minimum Gasteiger partial charge on any atom is -0.491 e. The molecule has 3 nitrogen and oxygen atoms in total. The number of hydrogen-bond donors (Lipinski definition) is 2. The summed E-state index contributed by atoms with van der Waals surface area (Å²) in [6.45, 7) is 8.48. The third kappa shape index (κ3) is 3.47. The average Bonchev–Trinajstić information content (AvgIpc) is 2.36. The van der Waals surface area contributed by atoms with Crippen LogP contribution in [0.3, 0.4) is 0 Å². The Hall–Kier alpha value is -1.06. The third-order valence-electron chi connectivity index (χ3n) is 3.48. The standard InChI is InChI=1S/C15H25NO2/c1-5-15(4,10-16)14(17)12-7-6-8-13(9-12)18-11(2)3/h6-9,11,14,17H,5,10,16H2,1-4H3. The monoisotopic (exact) mass is 251 g/mol. The van der Waals surface area contributed by atoms with Gasteiger partial charge in [0.05, 0.1) is 12.2 Å². The Bertz CT molecular complexity index is 373. The average molecular weight is 251 g/mol. The maximum atomic E-state index is 10.5. The summed E-state index contributed by atoms with van der Waals surface area (Å²) in [5, 5.41) is 10.5. The van der Waals surface area contributed by atoms with E-state index in [2.05, 4.69) is 0 Å². The zero-order valence-corrected chi connectivity index (χ0v) is 11.8. The topological polar surface area (TPSA) is 55.5 Å². The molecule has 1 aromatic carbocycles. The minimum absolute atomic E-state index is 0.129. The molecule has 0 heterocycles. The van der Waals surface area contributed by atoms with Gasteiger partial charge < -0.3 is 15.6 Å². The van der Waals surface area contributed by atoms with Crippen molar-refractivity contribution in [3.8, 4) is 5.75 Å². The predicted octanol–water partition coefficient (Wildman–Crippen LogP) is 2.88. The lowest BCUT2D eigenvalue weighted by Crippen LogP contribution is -2.33. The normalized spacial score (nSPS) is 16.4.